The summed E-state index contributed by atoms with van der Waals surface area (Å²) in [4.78, 5) is 49.8. The Morgan fingerprint density at radius 1 is 1.37 bits per heavy atom. The normalized spacial score (nSPS) is 31.5. The lowest BCUT2D eigenvalue weighted by molar-refractivity contribution is -0.156. The number of fused-ring (bicyclic) bond motifs is 1. The number of rotatable bonds is 6. The Morgan fingerprint density at radius 3 is 2.56 bits per heavy atom. The molecule has 0 aromatic carbocycles. The van der Waals surface area contributed by atoms with E-state index in [1.807, 2.05) is 0 Å². The van der Waals surface area contributed by atoms with Gasteiger partial charge in [0.1, 0.15) is 17.2 Å². The van der Waals surface area contributed by atoms with Crippen molar-refractivity contribution in [2.24, 2.45) is 17.4 Å². The van der Waals surface area contributed by atoms with Gasteiger partial charge in [0.15, 0.2) is 0 Å². The lowest BCUT2D eigenvalue weighted by atomic mass is 9.92. The third-order valence-electron chi connectivity index (χ3n) is 4.90. The predicted octanol–water partition coefficient (Wildman–Crippen LogP) is -1.78. The number of β-lactam (4-membered cyclic amide) rings is 1. The molecule has 12 heteroatoms. The molecule has 3 heterocycles. The number of primary amides is 2. The lowest BCUT2D eigenvalue weighted by Crippen LogP contribution is -2.60. The zero-order valence-electron chi connectivity index (χ0n) is 14.4. The van der Waals surface area contributed by atoms with Crippen molar-refractivity contribution in [1.29, 1.82) is 0 Å². The van der Waals surface area contributed by atoms with Crippen molar-refractivity contribution in [3.05, 3.63) is 10.6 Å². The first-order chi connectivity index (χ1) is 12.6. The van der Waals surface area contributed by atoms with Crippen LogP contribution in [-0.4, -0.2) is 80.6 Å². The monoisotopic (exact) mass is 400 g/mol. The highest BCUT2D eigenvalue weighted by atomic mass is 32.2. The average Bonchev–Trinajstić information content (AvgIpc) is 3.06. The second-order valence-electron chi connectivity index (χ2n) is 6.70. The number of thioether (sulfide) groups is 1. The number of carbonyl (C=O) groups is 4. The molecule has 0 spiro atoms. The van der Waals surface area contributed by atoms with Crippen LogP contribution in [0.5, 0.6) is 0 Å². The summed E-state index contributed by atoms with van der Waals surface area (Å²) in [6.45, 7) is 1.69. The highest BCUT2D eigenvalue weighted by Crippen LogP contribution is 2.50. The van der Waals surface area contributed by atoms with E-state index in [4.69, 9.17) is 16.2 Å². The minimum absolute atomic E-state index is 0.0470. The summed E-state index contributed by atoms with van der Waals surface area (Å²) >= 11 is 1.17. The Balaban J connectivity index is 1.81. The molecule has 3 aliphatic rings. The number of nitrogens with zero attached hydrogens (tertiary/aromatic N) is 2. The highest BCUT2D eigenvalue weighted by molar-refractivity contribution is 8.04. The summed E-state index contributed by atoms with van der Waals surface area (Å²) < 4.78 is 4.93. The molecule has 0 radical (unpaired) electrons. The fourth-order valence-corrected chi connectivity index (χ4v) is 5.37. The first-order valence-corrected chi connectivity index (χ1v) is 9.13. The van der Waals surface area contributed by atoms with Crippen molar-refractivity contribution in [3.63, 3.8) is 0 Å². The van der Waals surface area contributed by atoms with E-state index < -0.39 is 53.4 Å². The molecular formula is C15H20N4O7S. The zero-order chi connectivity index (χ0) is 20.0. The van der Waals surface area contributed by atoms with Crippen molar-refractivity contribution in [3.8, 4) is 0 Å². The number of nitrogens with two attached hydrogens (primary N) is 2. The Bertz CT molecular complexity index is 740. The van der Waals surface area contributed by atoms with Gasteiger partial charge in [-0.2, -0.15) is 0 Å². The van der Waals surface area contributed by atoms with E-state index in [-0.39, 0.29) is 25.2 Å². The molecule has 3 aliphatic heterocycles. The van der Waals surface area contributed by atoms with E-state index in [1.165, 1.54) is 18.7 Å². The zero-order valence-corrected chi connectivity index (χ0v) is 15.2. The SMILES string of the molecule is C[C@@H](O)[C@H]1C(=O)N2C(C(=O)O)=C(CN3C[C@H](OC(N)=O)CC3C(N)=O)S[C@H]12. The van der Waals surface area contributed by atoms with Gasteiger partial charge in [-0.1, -0.05) is 0 Å². The second-order valence-corrected chi connectivity index (χ2v) is 7.91. The number of likely N-dealkylation sites (tertiary alicyclic amines) is 1. The van der Waals surface area contributed by atoms with Crippen LogP contribution in [0.25, 0.3) is 0 Å². The minimum Gasteiger partial charge on any atom is -0.477 e. The van der Waals surface area contributed by atoms with Crippen LogP contribution in [0, 0.1) is 5.92 Å². The number of carboxylic acids is 1. The molecule has 11 nitrogen and oxygen atoms in total. The average molecular weight is 400 g/mol. The van der Waals surface area contributed by atoms with Gasteiger partial charge in [-0.3, -0.25) is 19.4 Å². The maximum absolute atomic E-state index is 12.2. The Hall–Kier alpha value is -2.31. The summed E-state index contributed by atoms with van der Waals surface area (Å²) in [7, 11) is 0. The van der Waals surface area contributed by atoms with Gasteiger partial charge in [0.05, 0.1) is 18.1 Å². The largest absolute Gasteiger partial charge is 0.477 e. The Labute approximate surface area is 158 Å². The lowest BCUT2D eigenvalue weighted by Gasteiger charge is -2.43. The molecule has 0 bridgehead atoms. The van der Waals surface area contributed by atoms with Crippen molar-refractivity contribution in [2.75, 3.05) is 13.1 Å². The van der Waals surface area contributed by atoms with Crippen LogP contribution in [0.4, 0.5) is 4.79 Å². The Kier molecular flexibility index (Phi) is 5.06. The predicted molar refractivity (Wildman–Crippen MR) is 91.7 cm³/mol. The quantitative estimate of drug-likeness (QED) is 0.375. The van der Waals surface area contributed by atoms with Crippen LogP contribution in [0.1, 0.15) is 13.3 Å². The van der Waals surface area contributed by atoms with E-state index in [0.29, 0.717) is 4.91 Å². The van der Waals surface area contributed by atoms with Crippen molar-refractivity contribution in [1.82, 2.24) is 9.80 Å². The maximum atomic E-state index is 12.2. The summed E-state index contributed by atoms with van der Waals surface area (Å²) in [5.74, 6) is -3.03. The number of carboxylic acid groups (broad SMARTS) is 1. The summed E-state index contributed by atoms with van der Waals surface area (Å²) in [6, 6.07) is -0.756. The number of aliphatic carboxylic acids is 1. The van der Waals surface area contributed by atoms with Crippen molar-refractivity contribution < 1.29 is 34.1 Å². The third kappa shape index (κ3) is 3.35. The molecule has 3 amide bonds. The van der Waals surface area contributed by atoms with Crippen molar-refractivity contribution in [2.45, 2.75) is 37.0 Å². The molecule has 5 atom stereocenters. The Morgan fingerprint density at radius 2 is 2.04 bits per heavy atom. The van der Waals surface area contributed by atoms with Crippen molar-refractivity contribution >= 4 is 35.6 Å². The van der Waals surface area contributed by atoms with Gasteiger partial charge in [0.25, 0.3) is 0 Å². The molecule has 148 valence electrons. The maximum Gasteiger partial charge on any atom is 0.404 e. The number of aliphatic hydroxyl groups is 1. The van der Waals surface area contributed by atoms with Crippen LogP contribution in [0.15, 0.2) is 10.6 Å². The molecule has 2 saturated heterocycles. The minimum atomic E-state index is -1.27. The highest BCUT2D eigenvalue weighted by Gasteiger charge is 2.58. The summed E-state index contributed by atoms with van der Waals surface area (Å²) in [5, 5.41) is 18.8. The first-order valence-electron chi connectivity index (χ1n) is 8.25. The molecule has 27 heavy (non-hydrogen) atoms. The first kappa shape index (κ1) is 19.5. The van der Waals surface area contributed by atoms with E-state index in [0.717, 1.165) is 4.90 Å². The van der Waals surface area contributed by atoms with Gasteiger partial charge < -0.3 is 26.4 Å². The van der Waals surface area contributed by atoms with Crippen LogP contribution in [-0.2, 0) is 19.1 Å². The number of hydrogen-bond acceptors (Lipinski definition) is 8. The molecule has 0 aliphatic carbocycles. The van der Waals surface area contributed by atoms with E-state index in [2.05, 4.69) is 0 Å². The molecule has 3 rings (SSSR count). The number of aliphatic hydroxyl groups excluding tert-OH is 1. The fourth-order valence-electron chi connectivity index (χ4n) is 3.73. The van der Waals surface area contributed by atoms with E-state index in [1.54, 1.807) is 4.90 Å². The van der Waals surface area contributed by atoms with E-state index in [9.17, 15) is 29.4 Å². The summed E-state index contributed by atoms with van der Waals surface area (Å²) in [5.41, 5.74) is 10.3. The van der Waals surface area contributed by atoms with Gasteiger partial charge in [-0.15, -0.1) is 11.8 Å². The summed E-state index contributed by atoms with van der Waals surface area (Å²) in [6.07, 6.45) is -2.36. The topological polar surface area (TPSA) is 176 Å². The molecule has 0 aromatic heterocycles. The molecule has 0 saturated carbocycles. The molecule has 2 fully saturated rings. The number of carbonyl (C=O) groups excluding carboxylic acids is 3. The van der Waals surface area contributed by atoms with Gasteiger partial charge in [-0.25, -0.2) is 9.59 Å². The molecular weight excluding hydrogens is 380 g/mol. The van der Waals surface area contributed by atoms with Gasteiger partial charge in [-0.05, 0) is 6.92 Å². The molecule has 6 N–H and O–H groups in total. The number of ether oxygens (including phenoxy) is 1. The van der Waals surface area contributed by atoms with Crippen LogP contribution >= 0.6 is 11.8 Å². The molecule has 1 unspecified atom stereocenters. The van der Waals surface area contributed by atoms with Gasteiger partial charge in [0, 0.05) is 24.4 Å². The van der Waals surface area contributed by atoms with Crippen LogP contribution in [0.2, 0.25) is 0 Å². The van der Waals surface area contributed by atoms with Crippen LogP contribution in [0.3, 0.4) is 0 Å². The number of hydrogen-bond donors (Lipinski definition) is 4. The fraction of sp³-hybridized carbons (Fsp3) is 0.600. The van der Waals surface area contributed by atoms with Gasteiger partial charge in [0.2, 0.25) is 11.8 Å². The third-order valence-corrected chi connectivity index (χ3v) is 6.25. The smallest absolute Gasteiger partial charge is 0.404 e. The standard InChI is InChI=1S/C15H20N4O7S/c1-5(20)9-12(22)19-10(14(23)24)8(27-13(9)19)4-18-3-6(26-15(17)25)2-7(18)11(16)21/h5-7,9,13,20H,2-4H2,1H3,(H2,16,21)(H2,17,25)(H,23,24)/t5-,6-,7?,9+,13-/m1/s1. The molecule has 0 aromatic rings. The van der Waals surface area contributed by atoms with Gasteiger partial charge >= 0.3 is 12.1 Å². The van der Waals surface area contributed by atoms with E-state index >= 15 is 0 Å². The second kappa shape index (κ2) is 7.02. The van der Waals surface area contributed by atoms with Crippen LogP contribution < -0.4 is 11.5 Å². The number of amides is 3.